The fourth-order valence-corrected chi connectivity index (χ4v) is 1.48. The van der Waals surface area contributed by atoms with Gasteiger partial charge in [-0.1, -0.05) is 24.3 Å². The number of nitrogens with one attached hydrogen (secondary N) is 2. The summed E-state index contributed by atoms with van der Waals surface area (Å²) in [5.41, 5.74) is 5.45. The molecule has 0 aromatic heterocycles. The van der Waals surface area contributed by atoms with Crippen LogP contribution in [0.5, 0.6) is 0 Å². The molecule has 0 aliphatic carbocycles. The first-order chi connectivity index (χ1) is 6.86. The molecule has 0 fully saturated rings. The Hall–Kier alpha value is -0.170. The summed E-state index contributed by atoms with van der Waals surface area (Å²) in [4.78, 5) is 0. The summed E-state index contributed by atoms with van der Waals surface area (Å²) in [7, 11) is 1.95. The normalized spacial score (nSPS) is 10.4. The van der Waals surface area contributed by atoms with Crippen molar-refractivity contribution in [2.24, 2.45) is 0 Å². The van der Waals surface area contributed by atoms with Crippen molar-refractivity contribution < 1.29 is 3.17 Å². The molecule has 0 saturated carbocycles. The fourth-order valence-electron chi connectivity index (χ4n) is 1.26. The lowest BCUT2D eigenvalue weighted by atomic mass is 10.1. The van der Waals surface area contributed by atoms with Crippen LogP contribution in [0.2, 0.25) is 0 Å². The van der Waals surface area contributed by atoms with E-state index in [1.165, 1.54) is 11.1 Å². The number of hydrogen-bond donors (Lipinski definition) is 2. The highest BCUT2D eigenvalue weighted by Crippen LogP contribution is 2.04. The van der Waals surface area contributed by atoms with Crippen molar-refractivity contribution in [3.05, 3.63) is 35.4 Å². The van der Waals surface area contributed by atoms with Crippen molar-refractivity contribution in [2.75, 3.05) is 13.6 Å². The zero-order chi connectivity index (χ0) is 10.2. The van der Waals surface area contributed by atoms with E-state index in [-0.39, 0.29) is 0 Å². The molecular formula is C10H15IN2O. The molecule has 1 aromatic carbocycles. The Morgan fingerprint density at radius 2 is 1.86 bits per heavy atom. The third-order valence-electron chi connectivity index (χ3n) is 1.97. The Morgan fingerprint density at radius 1 is 1.21 bits per heavy atom. The maximum Gasteiger partial charge on any atom is 0.136 e. The molecule has 1 aromatic rings. The van der Waals surface area contributed by atoms with Crippen LogP contribution in [0.25, 0.3) is 0 Å². The maximum absolute atomic E-state index is 4.74. The minimum absolute atomic E-state index is 0.842. The maximum atomic E-state index is 4.74. The molecule has 0 amide bonds. The molecule has 0 heterocycles. The van der Waals surface area contributed by atoms with Crippen LogP contribution in [0.3, 0.4) is 0 Å². The monoisotopic (exact) mass is 306 g/mol. The van der Waals surface area contributed by atoms with E-state index in [9.17, 15) is 0 Å². The summed E-state index contributed by atoms with van der Waals surface area (Å²) in [6, 6.07) is 8.61. The van der Waals surface area contributed by atoms with E-state index in [1.54, 1.807) is 0 Å². The number of hydrogen-bond acceptors (Lipinski definition) is 3. The van der Waals surface area contributed by atoms with Crippen molar-refractivity contribution in [1.29, 1.82) is 0 Å². The number of halogens is 1. The molecular weight excluding hydrogens is 291 g/mol. The van der Waals surface area contributed by atoms with Crippen molar-refractivity contribution in [3.63, 3.8) is 0 Å². The first-order valence-corrected chi connectivity index (χ1v) is 5.47. The average molecular weight is 306 g/mol. The quantitative estimate of drug-likeness (QED) is 0.478. The molecule has 0 aliphatic heterocycles. The third-order valence-corrected chi connectivity index (χ3v) is 2.29. The van der Waals surface area contributed by atoms with Gasteiger partial charge in [0.1, 0.15) is 23.0 Å². The molecule has 14 heavy (non-hydrogen) atoms. The second-order valence-corrected chi connectivity index (χ2v) is 3.51. The van der Waals surface area contributed by atoms with E-state index in [0.29, 0.717) is 0 Å². The van der Waals surface area contributed by atoms with Gasteiger partial charge in [0.05, 0.1) is 0 Å². The van der Waals surface area contributed by atoms with Crippen LogP contribution >= 0.6 is 23.0 Å². The summed E-state index contributed by atoms with van der Waals surface area (Å²) in [5, 5.41) is 3.12. The number of rotatable bonds is 6. The van der Waals surface area contributed by atoms with Crippen molar-refractivity contribution in [3.8, 4) is 0 Å². The topological polar surface area (TPSA) is 33.3 Å². The zero-order valence-corrected chi connectivity index (χ0v) is 10.4. The Kier molecular flexibility index (Phi) is 6.09. The van der Waals surface area contributed by atoms with Gasteiger partial charge >= 0.3 is 0 Å². The molecule has 0 radical (unpaired) electrons. The third kappa shape index (κ3) is 4.36. The van der Waals surface area contributed by atoms with Gasteiger partial charge in [-0.25, -0.2) is 3.17 Å². The largest absolute Gasteiger partial charge is 0.316 e. The van der Waals surface area contributed by atoms with Gasteiger partial charge in [0.2, 0.25) is 0 Å². The first-order valence-electron chi connectivity index (χ1n) is 4.59. The zero-order valence-electron chi connectivity index (χ0n) is 8.22. The molecule has 0 saturated heterocycles. The van der Waals surface area contributed by atoms with Crippen molar-refractivity contribution in [1.82, 2.24) is 10.8 Å². The lowest BCUT2D eigenvalue weighted by molar-refractivity contribution is 0.283. The smallest absolute Gasteiger partial charge is 0.136 e. The van der Waals surface area contributed by atoms with Crippen LogP contribution in [0, 0.1) is 0 Å². The second kappa shape index (κ2) is 7.17. The van der Waals surface area contributed by atoms with E-state index in [2.05, 4.69) is 35.1 Å². The summed E-state index contributed by atoms with van der Waals surface area (Å²) < 4.78 is 4.74. The molecule has 0 bridgehead atoms. The highest BCUT2D eigenvalue weighted by atomic mass is 127. The van der Waals surface area contributed by atoms with E-state index in [4.69, 9.17) is 3.17 Å². The summed E-state index contributed by atoms with van der Waals surface area (Å²) >= 11 is 1.83. The van der Waals surface area contributed by atoms with Gasteiger partial charge < -0.3 is 5.32 Å². The molecule has 3 nitrogen and oxygen atoms in total. The van der Waals surface area contributed by atoms with Crippen LogP contribution in [-0.4, -0.2) is 13.6 Å². The van der Waals surface area contributed by atoms with Gasteiger partial charge in [-0.15, -0.1) is 0 Å². The van der Waals surface area contributed by atoms with Crippen LogP contribution in [0.1, 0.15) is 11.1 Å². The lowest BCUT2D eigenvalue weighted by Crippen LogP contribution is -2.12. The summed E-state index contributed by atoms with van der Waals surface area (Å²) in [6.07, 6.45) is 0.989. The van der Waals surface area contributed by atoms with Gasteiger partial charge in [0.25, 0.3) is 0 Å². The fraction of sp³-hybridized carbons (Fsp3) is 0.400. The lowest BCUT2D eigenvalue weighted by Gasteiger charge is -2.03. The SMILES string of the molecule is CNCc1ccc(CCNOI)cc1. The van der Waals surface area contributed by atoms with E-state index in [0.717, 1.165) is 19.5 Å². The van der Waals surface area contributed by atoms with Gasteiger partial charge in [-0.05, 0) is 24.6 Å². The average Bonchev–Trinajstić information content (AvgIpc) is 2.21. The van der Waals surface area contributed by atoms with Crippen molar-refractivity contribution in [2.45, 2.75) is 13.0 Å². The standard InChI is InChI=1S/C10H15IN2O/c1-12-8-10-4-2-9(3-5-10)6-7-13-14-11/h2-5,12-13H,6-8H2,1H3. The molecule has 0 atom stereocenters. The van der Waals surface area contributed by atoms with Gasteiger partial charge in [-0.2, -0.15) is 5.48 Å². The second-order valence-electron chi connectivity index (χ2n) is 3.07. The van der Waals surface area contributed by atoms with Crippen molar-refractivity contribution >= 4 is 23.0 Å². The van der Waals surface area contributed by atoms with Crippen LogP contribution in [0.15, 0.2) is 24.3 Å². The van der Waals surface area contributed by atoms with Crippen LogP contribution in [-0.2, 0) is 16.1 Å². The minimum Gasteiger partial charge on any atom is -0.316 e. The predicted molar refractivity (Wildman–Crippen MR) is 66.0 cm³/mol. The highest BCUT2D eigenvalue weighted by Gasteiger charge is 1.94. The van der Waals surface area contributed by atoms with Gasteiger partial charge in [0.15, 0.2) is 0 Å². The minimum atomic E-state index is 0.842. The summed E-state index contributed by atoms with van der Waals surface area (Å²) in [5.74, 6) is 0. The molecule has 4 heteroatoms. The Labute approximate surface area is 98.9 Å². The summed E-state index contributed by atoms with van der Waals surface area (Å²) in [6.45, 7) is 1.77. The molecule has 2 N–H and O–H groups in total. The Morgan fingerprint density at radius 3 is 2.43 bits per heavy atom. The van der Waals surface area contributed by atoms with Crippen LogP contribution in [0.4, 0.5) is 0 Å². The van der Waals surface area contributed by atoms with Crippen LogP contribution < -0.4 is 10.8 Å². The molecule has 0 aliphatic rings. The molecule has 78 valence electrons. The number of benzene rings is 1. The molecule has 1 rings (SSSR count). The predicted octanol–water partition coefficient (Wildman–Crippen LogP) is 1.82. The Bertz CT molecular complexity index is 251. The first kappa shape index (κ1) is 11.9. The molecule has 0 unspecified atom stereocenters. The van der Waals surface area contributed by atoms with Gasteiger partial charge in [0, 0.05) is 13.1 Å². The van der Waals surface area contributed by atoms with Gasteiger partial charge in [-0.3, -0.25) is 0 Å². The Balaban J connectivity index is 2.38. The van der Waals surface area contributed by atoms with E-state index < -0.39 is 0 Å². The highest BCUT2D eigenvalue weighted by molar-refractivity contribution is 14.1. The van der Waals surface area contributed by atoms with E-state index in [1.807, 2.05) is 30.1 Å². The number of hydroxylamine groups is 1. The van der Waals surface area contributed by atoms with E-state index >= 15 is 0 Å². The molecule has 0 spiro atoms.